The number of aromatic nitrogens is 1. The van der Waals surface area contributed by atoms with Gasteiger partial charge in [-0.2, -0.15) is 0 Å². The van der Waals surface area contributed by atoms with Gasteiger partial charge in [0, 0.05) is 22.9 Å². The third-order valence-electron chi connectivity index (χ3n) is 3.84. The largest absolute Gasteiger partial charge is 0.422 e. The Bertz CT molecular complexity index is 989. The highest BCUT2D eigenvalue weighted by Gasteiger charge is 2.15. The summed E-state index contributed by atoms with van der Waals surface area (Å²) in [6.07, 6.45) is 3.56. The molecular weight excluding hydrogens is 304 g/mol. The van der Waals surface area contributed by atoms with Crippen LogP contribution in [-0.4, -0.2) is 10.9 Å². The average molecular weight is 322 g/mol. The summed E-state index contributed by atoms with van der Waals surface area (Å²) in [7, 11) is 0. The lowest BCUT2D eigenvalue weighted by Gasteiger charge is -2.10. The molecule has 2 aromatic heterocycles. The molecule has 0 unspecified atom stereocenters. The van der Waals surface area contributed by atoms with Gasteiger partial charge in [0.15, 0.2) is 0 Å². The molecule has 3 aromatic rings. The monoisotopic (exact) mass is 322 g/mol. The Kier molecular flexibility index (Phi) is 4.42. The fourth-order valence-corrected chi connectivity index (χ4v) is 2.64. The van der Waals surface area contributed by atoms with E-state index in [2.05, 4.69) is 16.9 Å². The molecule has 24 heavy (non-hydrogen) atoms. The van der Waals surface area contributed by atoms with Crippen LogP contribution >= 0.6 is 0 Å². The number of para-hydroxylation sites is 1. The first kappa shape index (κ1) is 15.9. The van der Waals surface area contributed by atoms with Gasteiger partial charge in [0.2, 0.25) is 5.91 Å². The number of carbonyl (C=O) groups is 1. The Balaban J connectivity index is 2.33. The highest BCUT2D eigenvalue weighted by Crippen LogP contribution is 2.27. The van der Waals surface area contributed by atoms with Gasteiger partial charge in [-0.3, -0.25) is 4.79 Å². The first-order valence-corrected chi connectivity index (χ1v) is 7.90. The molecule has 0 fully saturated rings. The fraction of sp³-hybridized carbons (Fsp3) is 0.211. The van der Waals surface area contributed by atoms with Gasteiger partial charge in [-0.25, -0.2) is 9.78 Å². The molecule has 3 rings (SSSR count). The van der Waals surface area contributed by atoms with Gasteiger partial charge in [-0.05, 0) is 25.0 Å². The van der Waals surface area contributed by atoms with Crippen molar-refractivity contribution in [1.82, 2.24) is 4.98 Å². The number of carbonyl (C=O) groups excluding carboxylic acids is 1. The van der Waals surface area contributed by atoms with Crippen LogP contribution in [-0.2, 0) is 11.2 Å². The number of hydrogen-bond donors (Lipinski definition) is 1. The topological polar surface area (TPSA) is 72.2 Å². The summed E-state index contributed by atoms with van der Waals surface area (Å²) >= 11 is 0. The quantitative estimate of drug-likeness (QED) is 0.440. The van der Waals surface area contributed by atoms with E-state index in [1.54, 1.807) is 13.0 Å². The maximum Gasteiger partial charge on any atom is 0.347 e. The number of allylic oxidation sites excluding steroid dienone is 1. The predicted octanol–water partition coefficient (Wildman–Crippen LogP) is 3.81. The molecule has 0 aliphatic heterocycles. The van der Waals surface area contributed by atoms with Crippen molar-refractivity contribution in [2.24, 2.45) is 0 Å². The van der Waals surface area contributed by atoms with Crippen LogP contribution in [0, 0.1) is 0 Å². The number of anilines is 1. The van der Waals surface area contributed by atoms with Crippen molar-refractivity contribution < 1.29 is 9.21 Å². The van der Waals surface area contributed by atoms with Gasteiger partial charge in [-0.1, -0.05) is 31.2 Å². The average Bonchev–Trinajstić information content (AvgIpc) is 2.59. The van der Waals surface area contributed by atoms with Crippen LogP contribution in [0.1, 0.15) is 25.5 Å². The van der Waals surface area contributed by atoms with E-state index in [9.17, 15) is 9.59 Å². The first-order chi connectivity index (χ1) is 11.6. The van der Waals surface area contributed by atoms with Gasteiger partial charge >= 0.3 is 5.63 Å². The van der Waals surface area contributed by atoms with Crippen molar-refractivity contribution in [2.45, 2.75) is 26.2 Å². The summed E-state index contributed by atoms with van der Waals surface area (Å²) in [5.74, 6) is 0.0649. The second-order valence-electron chi connectivity index (χ2n) is 5.50. The molecule has 0 aliphatic rings. The number of nitrogens with one attached hydrogen (secondary N) is 1. The molecule has 0 spiro atoms. The molecule has 0 saturated heterocycles. The van der Waals surface area contributed by atoms with Crippen LogP contribution in [0.4, 0.5) is 5.82 Å². The number of pyridine rings is 1. The van der Waals surface area contributed by atoms with Gasteiger partial charge < -0.3 is 9.73 Å². The molecule has 0 bridgehead atoms. The number of benzene rings is 1. The van der Waals surface area contributed by atoms with Crippen molar-refractivity contribution in [2.75, 3.05) is 5.32 Å². The molecule has 0 saturated carbocycles. The van der Waals surface area contributed by atoms with Gasteiger partial charge in [-0.15, -0.1) is 6.58 Å². The van der Waals surface area contributed by atoms with Crippen LogP contribution in [0.15, 0.2) is 52.2 Å². The van der Waals surface area contributed by atoms with Crippen LogP contribution < -0.4 is 10.9 Å². The van der Waals surface area contributed by atoms with E-state index in [0.717, 1.165) is 22.9 Å². The number of amides is 1. The number of rotatable bonds is 5. The van der Waals surface area contributed by atoms with Gasteiger partial charge in [0.05, 0.1) is 0 Å². The van der Waals surface area contributed by atoms with Gasteiger partial charge in [0.1, 0.15) is 16.8 Å². The SMILES string of the molecule is C=CCCc1cc2c(c(NC(=O)CC)n1)c(=O)oc1ccccc12. The first-order valence-electron chi connectivity index (χ1n) is 7.90. The van der Waals surface area contributed by atoms with E-state index in [1.165, 1.54) is 0 Å². The van der Waals surface area contributed by atoms with Crippen molar-refractivity contribution in [3.63, 3.8) is 0 Å². The Morgan fingerprint density at radius 1 is 1.33 bits per heavy atom. The maximum atomic E-state index is 12.4. The summed E-state index contributed by atoms with van der Waals surface area (Å²) in [6, 6.07) is 9.24. The highest BCUT2D eigenvalue weighted by molar-refractivity contribution is 6.10. The zero-order valence-corrected chi connectivity index (χ0v) is 13.5. The standard InChI is InChI=1S/C19H18N2O3/c1-3-5-8-12-11-14-13-9-6-7-10-15(13)24-19(23)17(14)18(20-12)21-16(22)4-2/h3,6-7,9-11H,1,4-5,8H2,2H3,(H,20,21,22). The summed E-state index contributed by atoms with van der Waals surface area (Å²) < 4.78 is 5.39. The minimum Gasteiger partial charge on any atom is -0.422 e. The Morgan fingerprint density at radius 3 is 2.88 bits per heavy atom. The van der Waals surface area contributed by atoms with E-state index in [-0.39, 0.29) is 11.7 Å². The van der Waals surface area contributed by atoms with Gasteiger partial charge in [0.25, 0.3) is 0 Å². The van der Waals surface area contributed by atoms with Crippen LogP contribution in [0.3, 0.4) is 0 Å². The van der Waals surface area contributed by atoms with E-state index in [1.807, 2.05) is 30.3 Å². The molecule has 0 radical (unpaired) electrons. The van der Waals surface area contributed by atoms with Crippen molar-refractivity contribution >= 4 is 33.5 Å². The second-order valence-corrected chi connectivity index (χ2v) is 5.50. The zero-order valence-electron chi connectivity index (χ0n) is 13.5. The molecule has 1 amide bonds. The minimum absolute atomic E-state index is 0.197. The molecule has 2 heterocycles. The molecular formula is C19H18N2O3. The molecule has 5 nitrogen and oxygen atoms in total. The predicted molar refractivity (Wildman–Crippen MR) is 95.2 cm³/mol. The number of nitrogens with zero attached hydrogens (tertiary/aromatic N) is 1. The number of hydrogen-bond acceptors (Lipinski definition) is 4. The molecule has 1 aromatic carbocycles. The lowest BCUT2D eigenvalue weighted by molar-refractivity contribution is -0.115. The fourth-order valence-electron chi connectivity index (χ4n) is 2.64. The summed E-state index contributed by atoms with van der Waals surface area (Å²) in [4.78, 5) is 28.7. The van der Waals surface area contributed by atoms with E-state index in [4.69, 9.17) is 4.42 Å². The second kappa shape index (κ2) is 6.66. The van der Waals surface area contributed by atoms with E-state index in [0.29, 0.717) is 23.8 Å². The number of aryl methyl sites for hydroxylation is 1. The molecule has 5 heteroatoms. The number of fused-ring (bicyclic) bond motifs is 3. The highest BCUT2D eigenvalue weighted by atomic mass is 16.4. The summed E-state index contributed by atoms with van der Waals surface area (Å²) in [5.41, 5.74) is 0.811. The Morgan fingerprint density at radius 2 is 2.12 bits per heavy atom. The lowest BCUT2D eigenvalue weighted by atomic mass is 10.1. The van der Waals surface area contributed by atoms with Crippen LogP contribution in [0.5, 0.6) is 0 Å². The lowest BCUT2D eigenvalue weighted by Crippen LogP contribution is -2.15. The smallest absolute Gasteiger partial charge is 0.347 e. The third-order valence-corrected chi connectivity index (χ3v) is 3.84. The normalized spacial score (nSPS) is 10.9. The summed E-state index contributed by atoms with van der Waals surface area (Å²) in [6.45, 7) is 5.47. The Hall–Kier alpha value is -2.95. The molecule has 0 aliphatic carbocycles. The minimum atomic E-state index is -0.502. The molecule has 122 valence electrons. The Labute approximate surface area is 139 Å². The maximum absolute atomic E-state index is 12.4. The third kappa shape index (κ3) is 2.93. The van der Waals surface area contributed by atoms with E-state index >= 15 is 0 Å². The van der Waals surface area contributed by atoms with Crippen molar-refractivity contribution in [3.05, 3.63) is 59.1 Å². The molecule has 0 atom stereocenters. The van der Waals surface area contributed by atoms with Crippen LogP contribution in [0.25, 0.3) is 21.7 Å². The van der Waals surface area contributed by atoms with Crippen LogP contribution in [0.2, 0.25) is 0 Å². The van der Waals surface area contributed by atoms with Crippen molar-refractivity contribution in [1.29, 1.82) is 0 Å². The zero-order chi connectivity index (χ0) is 17.1. The summed E-state index contributed by atoms with van der Waals surface area (Å²) in [5, 5.41) is 4.58. The van der Waals surface area contributed by atoms with E-state index < -0.39 is 5.63 Å². The molecule has 1 N–H and O–H groups in total. The van der Waals surface area contributed by atoms with Crippen molar-refractivity contribution in [3.8, 4) is 0 Å².